The van der Waals surface area contributed by atoms with Crippen LogP contribution in [-0.2, 0) is 32.9 Å². The second kappa shape index (κ2) is 12.1. The zero-order valence-corrected chi connectivity index (χ0v) is 21.4. The van der Waals surface area contributed by atoms with Crippen LogP contribution in [-0.4, -0.2) is 55.0 Å². The lowest BCUT2D eigenvalue weighted by molar-refractivity contribution is -0.126. The van der Waals surface area contributed by atoms with Crippen molar-refractivity contribution < 1.29 is 26.8 Å². The van der Waals surface area contributed by atoms with Gasteiger partial charge in [-0.2, -0.15) is 17.0 Å². The van der Waals surface area contributed by atoms with Gasteiger partial charge in [0.05, 0.1) is 11.8 Å². The summed E-state index contributed by atoms with van der Waals surface area (Å²) >= 11 is 0. The molecule has 11 heteroatoms. The zero-order chi connectivity index (χ0) is 26.4. The molecule has 2 aromatic carbocycles. The number of nitrogens with one attached hydrogen (secondary N) is 2. The average Bonchev–Trinajstić information content (AvgIpc) is 2.92. The molecule has 0 spiro atoms. The Hall–Kier alpha value is -2.89. The number of piperidine rings is 2. The highest BCUT2D eigenvalue weighted by atomic mass is 32.2. The number of hydrogen-bond acceptors (Lipinski definition) is 4. The molecule has 2 amide bonds. The van der Waals surface area contributed by atoms with Crippen LogP contribution >= 0.6 is 0 Å². The van der Waals surface area contributed by atoms with Gasteiger partial charge in [0.2, 0.25) is 11.8 Å². The van der Waals surface area contributed by atoms with Gasteiger partial charge in [0.25, 0.3) is 10.2 Å². The number of amides is 2. The number of carbonyl (C=O) groups excluding carboxylic acids is 2. The fourth-order valence-corrected chi connectivity index (χ4v) is 6.55. The maximum atomic E-state index is 13.4. The van der Waals surface area contributed by atoms with Crippen molar-refractivity contribution in [3.05, 3.63) is 71.3 Å². The quantitative estimate of drug-likeness (QED) is 0.544. The minimum Gasteiger partial charge on any atom is -0.352 e. The summed E-state index contributed by atoms with van der Waals surface area (Å²) in [6, 6.07) is 11.7. The average molecular weight is 535 g/mol. The first-order valence-electron chi connectivity index (χ1n) is 12.5. The van der Waals surface area contributed by atoms with Crippen LogP contribution in [0.25, 0.3) is 0 Å². The molecule has 2 aromatic rings. The largest absolute Gasteiger partial charge is 0.352 e. The van der Waals surface area contributed by atoms with Gasteiger partial charge in [-0.25, -0.2) is 8.78 Å². The number of carbonyl (C=O) groups is 2. The van der Waals surface area contributed by atoms with Gasteiger partial charge in [-0.15, -0.1) is 0 Å². The van der Waals surface area contributed by atoms with Crippen molar-refractivity contribution in [2.24, 2.45) is 11.8 Å². The molecule has 0 aromatic heterocycles. The Labute approximate surface area is 216 Å². The summed E-state index contributed by atoms with van der Waals surface area (Å²) in [4.78, 5) is 25.5. The van der Waals surface area contributed by atoms with Gasteiger partial charge in [-0.1, -0.05) is 24.3 Å². The molecule has 4 rings (SSSR count). The van der Waals surface area contributed by atoms with Crippen LogP contribution in [0.5, 0.6) is 0 Å². The van der Waals surface area contributed by atoms with E-state index in [1.807, 2.05) is 0 Å². The Kier molecular flexibility index (Phi) is 8.88. The van der Waals surface area contributed by atoms with Gasteiger partial charge < -0.3 is 10.6 Å². The summed E-state index contributed by atoms with van der Waals surface area (Å²) in [5.41, 5.74) is 1.51. The molecule has 37 heavy (non-hydrogen) atoms. The highest BCUT2D eigenvalue weighted by Gasteiger charge is 2.39. The van der Waals surface area contributed by atoms with Crippen molar-refractivity contribution in [3.63, 3.8) is 0 Å². The number of rotatable bonds is 8. The molecule has 0 unspecified atom stereocenters. The lowest BCUT2D eigenvalue weighted by Gasteiger charge is -2.38. The minimum atomic E-state index is -3.84. The smallest absolute Gasteiger partial charge is 0.282 e. The van der Waals surface area contributed by atoms with Crippen molar-refractivity contribution in [1.29, 1.82) is 0 Å². The molecule has 2 aliphatic heterocycles. The summed E-state index contributed by atoms with van der Waals surface area (Å²) in [5, 5.41) is 5.64. The molecule has 0 aliphatic carbocycles. The van der Waals surface area contributed by atoms with Crippen molar-refractivity contribution in [1.82, 2.24) is 19.2 Å². The van der Waals surface area contributed by atoms with E-state index in [9.17, 15) is 26.8 Å². The van der Waals surface area contributed by atoms with Crippen LogP contribution in [0.1, 0.15) is 36.8 Å². The van der Waals surface area contributed by atoms with E-state index in [0.717, 1.165) is 11.1 Å². The highest BCUT2D eigenvalue weighted by molar-refractivity contribution is 7.86. The molecule has 0 bridgehead atoms. The monoisotopic (exact) mass is 534 g/mol. The molecule has 0 saturated carbocycles. The molecule has 200 valence electrons. The summed E-state index contributed by atoms with van der Waals surface area (Å²) < 4.78 is 55.7. The first-order valence-corrected chi connectivity index (χ1v) is 13.9. The predicted octanol–water partition coefficient (Wildman–Crippen LogP) is 2.57. The summed E-state index contributed by atoms with van der Waals surface area (Å²) in [5.74, 6) is -2.14. The van der Waals surface area contributed by atoms with Crippen LogP contribution in [0.2, 0.25) is 0 Å². The lowest BCUT2D eigenvalue weighted by atomic mass is 9.98. The van der Waals surface area contributed by atoms with Crippen molar-refractivity contribution in [2.45, 2.75) is 38.8 Å². The lowest BCUT2D eigenvalue weighted by Crippen LogP contribution is -2.53. The second-order valence-electron chi connectivity index (χ2n) is 9.59. The Morgan fingerprint density at radius 3 is 1.49 bits per heavy atom. The summed E-state index contributed by atoms with van der Waals surface area (Å²) in [7, 11) is -3.84. The van der Waals surface area contributed by atoms with Gasteiger partial charge in [0.1, 0.15) is 11.6 Å². The summed E-state index contributed by atoms with van der Waals surface area (Å²) in [6.45, 7) is 1.28. The standard InChI is InChI=1S/C26H32F2N4O4S/c27-23-9-5-19(6-10-23)15-29-25(33)21-3-1-13-31(17-21)37(35,36)32-14-2-4-22(18-32)26(34)30-16-20-7-11-24(28)12-8-20/h5-12,21-22H,1-4,13-18H2,(H,29,33)(H,30,34)/t21-,22-/m1/s1. The number of halogens is 2. The fraction of sp³-hybridized carbons (Fsp3) is 0.462. The van der Waals surface area contributed by atoms with Crippen LogP contribution in [0, 0.1) is 23.5 Å². The van der Waals surface area contributed by atoms with Gasteiger partial charge in [-0.05, 0) is 61.1 Å². The molecule has 2 saturated heterocycles. The number of benzene rings is 2. The van der Waals surface area contributed by atoms with E-state index < -0.39 is 22.0 Å². The first-order chi connectivity index (χ1) is 17.7. The van der Waals surface area contributed by atoms with Crippen molar-refractivity contribution >= 4 is 22.0 Å². The highest BCUT2D eigenvalue weighted by Crippen LogP contribution is 2.26. The van der Waals surface area contributed by atoms with E-state index in [0.29, 0.717) is 38.8 Å². The predicted molar refractivity (Wildman–Crippen MR) is 134 cm³/mol. The van der Waals surface area contributed by atoms with Gasteiger partial charge in [-0.3, -0.25) is 9.59 Å². The molecule has 8 nitrogen and oxygen atoms in total. The third-order valence-electron chi connectivity index (χ3n) is 6.92. The maximum Gasteiger partial charge on any atom is 0.282 e. The van der Waals surface area contributed by atoms with Crippen LogP contribution < -0.4 is 10.6 Å². The molecular weight excluding hydrogens is 502 g/mol. The number of hydrogen-bond donors (Lipinski definition) is 2. The van der Waals surface area contributed by atoms with E-state index in [1.165, 1.54) is 32.9 Å². The van der Waals surface area contributed by atoms with E-state index in [2.05, 4.69) is 10.6 Å². The molecular formula is C26H32F2N4O4S. The molecule has 2 heterocycles. The SMILES string of the molecule is O=C(NCc1ccc(F)cc1)[C@@H]1CCCN(S(=O)(=O)N2CCC[C@@H](C(=O)NCc3ccc(F)cc3)C2)C1. The molecule has 2 atom stereocenters. The molecule has 0 radical (unpaired) electrons. The topological polar surface area (TPSA) is 98.8 Å². The van der Waals surface area contributed by atoms with E-state index in [1.54, 1.807) is 24.3 Å². The minimum absolute atomic E-state index is 0.0789. The van der Waals surface area contributed by atoms with Crippen LogP contribution in [0.15, 0.2) is 48.5 Å². The fourth-order valence-electron chi connectivity index (χ4n) is 4.77. The van der Waals surface area contributed by atoms with Crippen LogP contribution in [0.4, 0.5) is 8.78 Å². The van der Waals surface area contributed by atoms with Gasteiger partial charge >= 0.3 is 0 Å². The van der Waals surface area contributed by atoms with Crippen molar-refractivity contribution in [3.8, 4) is 0 Å². The molecule has 2 N–H and O–H groups in total. The van der Waals surface area contributed by atoms with Gasteiger partial charge in [0, 0.05) is 39.3 Å². The maximum absolute atomic E-state index is 13.4. The van der Waals surface area contributed by atoms with E-state index in [-0.39, 0.29) is 49.6 Å². The third kappa shape index (κ3) is 7.12. The third-order valence-corrected chi connectivity index (χ3v) is 8.89. The Bertz CT molecular complexity index is 1100. The van der Waals surface area contributed by atoms with E-state index >= 15 is 0 Å². The van der Waals surface area contributed by atoms with Gasteiger partial charge in [0.15, 0.2) is 0 Å². The Morgan fingerprint density at radius 1 is 0.730 bits per heavy atom. The summed E-state index contributed by atoms with van der Waals surface area (Å²) in [6.07, 6.45) is 2.28. The zero-order valence-electron chi connectivity index (χ0n) is 20.5. The Morgan fingerprint density at radius 2 is 1.11 bits per heavy atom. The first kappa shape index (κ1) is 27.2. The molecule has 2 fully saturated rings. The second-order valence-corrected chi connectivity index (χ2v) is 11.5. The van der Waals surface area contributed by atoms with E-state index in [4.69, 9.17) is 0 Å². The normalized spacial score (nSPS) is 21.4. The van der Waals surface area contributed by atoms with Crippen LogP contribution in [0.3, 0.4) is 0 Å². The Balaban J connectivity index is 1.31. The number of nitrogens with zero attached hydrogens (tertiary/aromatic N) is 2. The molecule has 2 aliphatic rings. The van der Waals surface area contributed by atoms with Crippen molar-refractivity contribution in [2.75, 3.05) is 26.2 Å².